The summed E-state index contributed by atoms with van der Waals surface area (Å²) in [5, 5.41) is 10.5. The van der Waals surface area contributed by atoms with Crippen LogP contribution in [-0.4, -0.2) is 28.2 Å². The standard InChI is InChI=1S/C11H15N3O3S/c1-6(3-8-4-7(2)17-10(8)16)9(15)13-11-14-12-5-18-11/h5-8H,3-4H2,1-2H3,(H,13,14,15)/t6-,7-,8+/m0/s1. The van der Waals surface area contributed by atoms with Gasteiger partial charge in [-0.3, -0.25) is 9.59 Å². The number of carbonyl (C=O) groups excluding carboxylic acids is 2. The van der Waals surface area contributed by atoms with Gasteiger partial charge in [0.1, 0.15) is 5.51 Å². The lowest BCUT2D eigenvalue weighted by atomic mass is 9.93. The number of ether oxygens (including phenoxy) is 1. The summed E-state index contributed by atoms with van der Waals surface area (Å²) in [6, 6.07) is 0. The Labute approximate surface area is 109 Å². The third-order valence-electron chi connectivity index (χ3n) is 2.94. The highest BCUT2D eigenvalue weighted by molar-refractivity contribution is 7.13. The summed E-state index contributed by atoms with van der Waals surface area (Å²) in [6.45, 7) is 3.66. The van der Waals surface area contributed by atoms with E-state index in [2.05, 4.69) is 15.5 Å². The van der Waals surface area contributed by atoms with E-state index in [-0.39, 0.29) is 29.8 Å². The van der Waals surface area contributed by atoms with E-state index in [0.29, 0.717) is 18.0 Å². The van der Waals surface area contributed by atoms with Gasteiger partial charge in [0.05, 0.1) is 12.0 Å². The average Bonchev–Trinajstić information content (AvgIpc) is 2.89. The molecule has 98 valence electrons. The van der Waals surface area contributed by atoms with Gasteiger partial charge in [-0.25, -0.2) is 0 Å². The summed E-state index contributed by atoms with van der Waals surface area (Å²) in [6.07, 6.45) is 1.16. The fourth-order valence-corrected chi connectivity index (χ4v) is 2.47. The second-order valence-electron chi connectivity index (χ2n) is 4.55. The highest BCUT2D eigenvalue weighted by Crippen LogP contribution is 2.27. The van der Waals surface area contributed by atoms with Crippen LogP contribution in [0.15, 0.2) is 5.51 Å². The summed E-state index contributed by atoms with van der Waals surface area (Å²) in [5.41, 5.74) is 1.55. The monoisotopic (exact) mass is 269 g/mol. The van der Waals surface area contributed by atoms with Crippen molar-refractivity contribution in [3.8, 4) is 0 Å². The summed E-state index contributed by atoms with van der Waals surface area (Å²) in [5.74, 6) is -0.760. The van der Waals surface area contributed by atoms with Crippen LogP contribution in [0.2, 0.25) is 0 Å². The summed E-state index contributed by atoms with van der Waals surface area (Å²) in [4.78, 5) is 23.3. The van der Waals surface area contributed by atoms with Crippen LogP contribution in [0.4, 0.5) is 5.13 Å². The molecule has 1 aromatic heterocycles. The van der Waals surface area contributed by atoms with Crippen LogP contribution >= 0.6 is 11.3 Å². The summed E-state index contributed by atoms with van der Waals surface area (Å²) in [7, 11) is 0. The minimum absolute atomic E-state index is 0.0408. The first kappa shape index (κ1) is 12.9. The largest absolute Gasteiger partial charge is 0.462 e. The van der Waals surface area contributed by atoms with Gasteiger partial charge in [-0.2, -0.15) is 0 Å². The van der Waals surface area contributed by atoms with Gasteiger partial charge < -0.3 is 10.1 Å². The van der Waals surface area contributed by atoms with Crippen molar-refractivity contribution in [1.82, 2.24) is 10.2 Å². The first-order valence-corrected chi connectivity index (χ1v) is 6.71. The molecule has 1 fully saturated rings. The lowest BCUT2D eigenvalue weighted by Crippen LogP contribution is -2.24. The number of hydrogen-bond acceptors (Lipinski definition) is 6. The molecule has 0 spiro atoms. The molecule has 1 amide bonds. The molecule has 1 N–H and O–H groups in total. The zero-order valence-electron chi connectivity index (χ0n) is 10.3. The number of rotatable bonds is 4. The summed E-state index contributed by atoms with van der Waals surface area (Å²) < 4.78 is 5.07. The van der Waals surface area contributed by atoms with Crippen LogP contribution in [0.25, 0.3) is 0 Å². The van der Waals surface area contributed by atoms with Crippen molar-refractivity contribution in [2.75, 3.05) is 5.32 Å². The van der Waals surface area contributed by atoms with Gasteiger partial charge >= 0.3 is 5.97 Å². The van der Waals surface area contributed by atoms with Gasteiger partial charge in [-0.1, -0.05) is 18.3 Å². The van der Waals surface area contributed by atoms with Crippen molar-refractivity contribution in [2.24, 2.45) is 11.8 Å². The van der Waals surface area contributed by atoms with Crippen molar-refractivity contribution in [3.05, 3.63) is 5.51 Å². The number of anilines is 1. The second-order valence-corrected chi connectivity index (χ2v) is 5.38. The van der Waals surface area contributed by atoms with E-state index >= 15 is 0 Å². The molecule has 1 aliphatic rings. The van der Waals surface area contributed by atoms with Gasteiger partial charge in [0.25, 0.3) is 0 Å². The van der Waals surface area contributed by atoms with E-state index in [1.807, 2.05) is 6.92 Å². The number of nitrogens with one attached hydrogen (secondary N) is 1. The second kappa shape index (κ2) is 5.43. The van der Waals surface area contributed by atoms with Crippen LogP contribution < -0.4 is 5.32 Å². The molecule has 2 rings (SSSR count). The van der Waals surface area contributed by atoms with Crippen molar-refractivity contribution in [3.63, 3.8) is 0 Å². The number of carbonyl (C=O) groups is 2. The molecule has 0 bridgehead atoms. The smallest absolute Gasteiger partial charge is 0.309 e. The van der Waals surface area contributed by atoms with E-state index in [9.17, 15) is 9.59 Å². The lowest BCUT2D eigenvalue weighted by molar-refractivity contribution is -0.144. The molecule has 1 aliphatic heterocycles. The van der Waals surface area contributed by atoms with Crippen LogP contribution in [0, 0.1) is 11.8 Å². The Morgan fingerprint density at radius 1 is 1.72 bits per heavy atom. The highest BCUT2D eigenvalue weighted by Gasteiger charge is 2.34. The van der Waals surface area contributed by atoms with Gasteiger partial charge in [-0.05, 0) is 19.8 Å². The van der Waals surface area contributed by atoms with E-state index in [1.54, 1.807) is 12.4 Å². The van der Waals surface area contributed by atoms with E-state index < -0.39 is 0 Å². The average molecular weight is 269 g/mol. The molecule has 2 heterocycles. The first-order chi connectivity index (χ1) is 8.56. The van der Waals surface area contributed by atoms with Crippen LogP contribution in [0.1, 0.15) is 26.7 Å². The van der Waals surface area contributed by atoms with Crippen LogP contribution in [0.3, 0.4) is 0 Å². The Balaban J connectivity index is 1.86. The number of esters is 1. The van der Waals surface area contributed by atoms with Gasteiger partial charge in [0, 0.05) is 5.92 Å². The molecule has 7 heteroatoms. The van der Waals surface area contributed by atoms with E-state index in [1.165, 1.54) is 11.3 Å². The fraction of sp³-hybridized carbons (Fsp3) is 0.636. The molecule has 6 nitrogen and oxygen atoms in total. The minimum atomic E-state index is -0.253. The predicted octanol–water partition coefficient (Wildman–Crippen LogP) is 1.45. The normalized spacial score (nSPS) is 24.7. The quantitative estimate of drug-likeness (QED) is 0.837. The van der Waals surface area contributed by atoms with Crippen LogP contribution in [0.5, 0.6) is 0 Å². The summed E-state index contributed by atoms with van der Waals surface area (Å²) >= 11 is 1.27. The Morgan fingerprint density at radius 3 is 3.06 bits per heavy atom. The van der Waals surface area contributed by atoms with Crippen LogP contribution in [-0.2, 0) is 14.3 Å². The molecule has 0 radical (unpaired) electrons. The maximum atomic E-state index is 11.9. The molecule has 0 saturated carbocycles. The SMILES string of the molecule is C[C@H]1C[C@@H](C[C@H](C)C(=O)Nc2nncs2)C(=O)O1. The van der Waals surface area contributed by atoms with E-state index in [0.717, 1.165) is 0 Å². The zero-order chi connectivity index (χ0) is 13.1. The maximum absolute atomic E-state index is 11.9. The molecule has 0 aliphatic carbocycles. The Hall–Kier alpha value is -1.50. The van der Waals surface area contributed by atoms with Crippen molar-refractivity contribution < 1.29 is 14.3 Å². The van der Waals surface area contributed by atoms with Crippen molar-refractivity contribution in [2.45, 2.75) is 32.8 Å². The molecule has 1 aromatic rings. The van der Waals surface area contributed by atoms with E-state index in [4.69, 9.17) is 4.74 Å². The first-order valence-electron chi connectivity index (χ1n) is 5.83. The molecular weight excluding hydrogens is 254 g/mol. The number of cyclic esters (lactones) is 1. The van der Waals surface area contributed by atoms with Gasteiger partial charge in [0.15, 0.2) is 0 Å². The molecule has 3 atom stereocenters. The molecule has 0 unspecified atom stereocenters. The topological polar surface area (TPSA) is 81.2 Å². The van der Waals surface area contributed by atoms with Gasteiger partial charge in [-0.15, -0.1) is 10.2 Å². The lowest BCUT2D eigenvalue weighted by Gasteiger charge is -2.12. The Morgan fingerprint density at radius 2 is 2.50 bits per heavy atom. The van der Waals surface area contributed by atoms with Gasteiger partial charge in [0.2, 0.25) is 11.0 Å². The predicted molar refractivity (Wildman–Crippen MR) is 66.0 cm³/mol. The van der Waals surface area contributed by atoms with Crippen molar-refractivity contribution in [1.29, 1.82) is 0 Å². The third kappa shape index (κ3) is 3.04. The minimum Gasteiger partial charge on any atom is -0.462 e. The Bertz CT molecular complexity index is 435. The molecule has 18 heavy (non-hydrogen) atoms. The zero-order valence-corrected chi connectivity index (χ0v) is 11.1. The number of nitrogens with zero attached hydrogens (tertiary/aromatic N) is 2. The highest BCUT2D eigenvalue weighted by atomic mass is 32.1. The van der Waals surface area contributed by atoms with Crippen molar-refractivity contribution >= 4 is 28.3 Å². The molecular formula is C11H15N3O3S. The number of amides is 1. The fourth-order valence-electron chi connectivity index (χ4n) is 2.02. The third-order valence-corrected chi connectivity index (χ3v) is 3.55. The number of aromatic nitrogens is 2. The molecule has 0 aromatic carbocycles. The number of hydrogen-bond donors (Lipinski definition) is 1. The maximum Gasteiger partial charge on any atom is 0.309 e. The Kier molecular flexibility index (Phi) is 3.90. The molecule has 1 saturated heterocycles.